The van der Waals surface area contributed by atoms with Crippen molar-refractivity contribution in [1.29, 1.82) is 0 Å². The van der Waals surface area contributed by atoms with Crippen LogP contribution in [0.1, 0.15) is 69.5 Å². The maximum absolute atomic E-state index is 6.28. The zero-order chi connectivity index (χ0) is 13.9. The maximum atomic E-state index is 6.28. The van der Waals surface area contributed by atoms with Gasteiger partial charge in [0.15, 0.2) is 0 Å². The van der Waals surface area contributed by atoms with Gasteiger partial charge >= 0.3 is 0 Å². The number of nitrogens with two attached hydrogens (primary N) is 1. The van der Waals surface area contributed by atoms with Crippen molar-refractivity contribution in [2.75, 3.05) is 5.73 Å². The van der Waals surface area contributed by atoms with Crippen LogP contribution < -0.4 is 5.73 Å². The van der Waals surface area contributed by atoms with E-state index in [1.165, 1.54) is 44.1 Å². The molecule has 0 amide bonds. The zero-order valence-corrected chi connectivity index (χ0v) is 12.7. The third-order valence-corrected chi connectivity index (χ3v) is 6.15. The lowest BCUT2D eigenvalue weighted by atomic mass is 9.48. The minimum Gasteiger partial charge on any atom is -0.397 e. The standard InChI is InChI=1S/C18H26N2/c1-11(2)17-16(19)6-15(10-20-17)18-7-12-3-13(8-18)5-14(4-12)9-18/h6,10-14H,3-5,7-9,19H2,1-2H3. The first-order chi connectivity index (χ1) is 9.56. The zero-order valence-electron chi connectivity index (χ0n) is 12.7. The summed E-state index contributed by atoms with van der Waals surface area (Å²) in [5.74, 6) is 3.35. The van der Waals surface area contributed by atoms with E-state index in [-0.39, 0.29) is 0 Å². The molecule has 2 heteroatoms. The van der Waals surface area contributed by atoms with Crippen LogP contribution in [0.3, 0.4) is 0 Å². The van der Waals surface area contributed by atoms with E-state index < -0.39 is 0 Å². The van der Waals surface area contributed by atoms with Gasteiger partial charge in [-0.3, -0.25) is 4.98 Å². The van der Waals surface area contributed by atoms with Gasteiger partial charge in [0.1, 0.15) is 0 Å². The van der Waals surface area contributed by atoms with Crippen LogP contribution in [0.25, 0.3) is 0 Å². The molecule has 4 fully saturated rings. The molecule has 0 spiro atoms. The van der Waals surface area contributed by atoms with E-state index in [9.17, 15) is 0 Å². The van der Waals surface area contributed by atoms with Gasteiger partial charge in [-0.15, -0.1) is 0 Å². The first-order valence-corrected chi connectivity index (χ1v) is 8.31. The van der Waals surface area contributed by atoms with E-state index in [2.05, 4.69) is 26.1 Å². The highest BCUT2D eigenvalue weighted by molar-refractivity contribution is 5.48. The van der Waals surface area contributed by atoms with Gasteiger partial charge < -0.3 is 5.73 Å². The normalized spacial score (nSPS) is 38.6. The molecule has 1 aromatic rings. The fourth-order valence-corrected chi connectivity index (χ4v) is 5.73. The van der Waals surface area contributed by atoms with Crippen molar-refractivity contribution in [1.82, 2.24) is 4.98 Å². The fraction of sp³-hybridized carbons (Fsp3) is 0.722. The van der Waals surface area contributed by atoms with Crippen molar-refractivity contribution in [2.45, 2.75) is 63.7 Å². The van der Waals surface area contributed by atoms with Gasteiger partial charge in [-0.05, 0) is 79.2 Å². The molecule has 20 heavy (non-hydrogen) atoms. The Kier molecular flexibility index (Phi) is 2.68. The quantitative estimate of drug-likeness (QED) is 0.872. The van der Waals surface area contributed by atoms with Gasteiger partial charge in [-0.1, -0.05) is 13.8 Å². The number of nitrogen functional groups attached to an aromatic ring is 1. The monoisotopic (exact) mass is 270 g/mol. The molecule has 4 bridgehead atoms. The Hall–Kier alpha value is -1.05. The van der Waals surface area contributed by atoms with Crippen LogP contribution in [0.15, 0.2) is 12.3 Å². The molecule has 0 aromatic carbocycles. The highest BCUT2D eigenvalue weighted by Crippen LogP contribution is 2.60. The molecule has 4 aliphatic rings. The first-order valence-electron chi connectivity index (χ1n) is 8.31. The lowest BCUT2D eigenvalue weighted by Crippen LogP contribution is -2.48. The summed E-state index contributed by atoms with van der Waals surface area (Å²) in [7, 11) is 0. The molecular formula is C18H26N2. The van der Waals surface area contributed by atoms with Crippen LogP contribution in [0, 0.1) is 17.8 Å². The molecule has 0 radical (unpaired) electrons. The summed E-state index contributed by atoms with van der Waals surface area (Å²) in [5, 5.41) is 0. The second-order valence-electron chi connectivity index (χ2n) is 8.05. The Balaban J connectivity index is 1.72. The second-order valence-corrected chi connectivity index (χ2v) is 8.05. The summed E-state index contributed by atoms with van der Waals surface area (Å²) in [4.78, 5) is 4.71. The van der Waals surface area contributed by atoms with Gasteiger partial charge in [0.25, 0.3) is 0 Å². The van der Waals surface area contributed by atoms with E-state index in [1.807, 2.05) is 0 Å². The van der Waals surface area contributed by atoms with Gasteiger partial charge in [0.05, 0.1) is 11.4 Å². The maximum Gasteiger partial charge on any atom is 0.0658 e. The summed E-state index contributed by atoms with van der Waals surface area (Å²) >= 11 is 0. The molecule has 0 unspecified atom stereocenters. The molecular weight excluding hydrogens is 244 g/mol. The number of aromatic nitrogens is 1. The summed E-state index contributed by atoms with van der Waals surface area (Å²) in [6.07, 6.45) is 10.8. The SMILES string of the molecule is CC(C)c1ncc(C23CC4CC(CC(C4)C2)C3)cc1N. The summed E-state index contributed by atoms with van der Waals surface area (Å²) in [6.45, 7) is 4.34. The van der Waals surface area contributed by atoms with Crippen molar-refractivity contribution in [3.63, 3.8) is 0 Å². The molecule has 0 atom stereocenters. The van der Waals surface area contributed by atoms with Crippen molar-refractivity contribution in [2.24, 2.45) is 17.8 Å². The summed E-state index contributed by atoms with van der Waals surface area (Å²) in [5.41, 5.74) is 10.1. The van der Waals surface area contributed by atoms with E-state index in [0.29, 0.717) is 11.3 Å². The predicted octanol–water partition coefficient (Wildman–Crippen LogP) is 4.26. The molecule has 1 heterocycles. The third-order valence-electron chi connectivity index (χ3n) is 6.15. The Labute approximate surface area is 122 Å². The summed E-state index contributed by atoms with van der Waals surface area (Å²) in [6, 6.07) is 2.26. The minimum absolute atomic E-state index is 0.417. The molecule has 4 saturated carbocycles. The topological polar surface area (TPSA) is 38.9 Å². The average Bonchev–Trinajstić information content (AvgIpc) is 2.36. The van der Waals surface area contributed by atoms with Crippen LogP contribution in [-0.4, -0.2) is 4.98 Å². The van der Waals surface area contributed by atoms with Gasteiger partial charge in [-0.2, -0.15) is 0 Å². The van der Waals surface area contributed by atoms with Gasteiger partial charge in [0.2, 0.25) is 0 Å². The number of anilines is 1. The van der Waals surface area contributed by atoms with E-state index in [0.717, 1.165) is 29.1 Å². The molecule has 1 aromatic heterocycles. The van der Waals surface area contributed by atoms with E-state index in [1.54, 1.807) is 0 Å². The van der Waals surface area contributed by atoms with Crippen LogP contribution in [0.2, 0.25) is 0 Å². The lowest BCUT2D eigenvalue weighted by molar-refractivity contribution is -0.00532. The number of hydrogen-bond acceptors (Lipinski definition) is 2. The molecule has 4 aliphatic carbocycles. The predicted molar refractivity (Wildman–Crippen MR) is 82.6 cm³/mol. The smallest absolute Gasteiger partial charge is 0.0658 e. The Bertz CT molecular complexity index is 497. The Morgan fingerprint density at radius 2 is 1.65 bits per heavy atom. The number of nitrogens with zero attached hydrogens (tertiary/aromatic N) is 1. The third kappa shape index (κ3) is 1.80. The van der Waals surface area contributed by atoms with Crippen LogP contribution >= 0.6 is 0 Å². The Morgan fingerprint density at radius 1 is 1.10 bits per heavy atom. The number of rotatable bonds is 2. The molecule has 0 saturated heterocycles. The van der Waals surface area contributed by atoms with Crippen LogP contribution in [0.5, 0.6) is 0 Å². The van der Waals surface area contributed by atoms with Crippen molar-refractivity contribution in [3.05, 3.63) is 23.5 Å². The lowest BCUT2D eigenvalue weighted by Gasteiger charge is -2.57. The highest BCUT2D eigenvalue weighted by atomic mass is 14.7. The molecule has 2 N–H and O–H groups in total. The molecule has 2 nitrogen and oxygen atoms in total. The molecule has 5 rings (SSSR count). The molecule has 108 valence electrons. The van der Waals surface area contributed by atoms with Crippen molar-refractivity contribution < 1.29 is 0 Å². The largest absolute Gasteiger partial charge is 0.397 e. The van der Waals surface area contributed by atoms with Gasteiger partial charge in [0, 0.05) is 6.20 Å². The van der Waals surface area contributed by atoms with Gasteiger partial charge in [-0.25, -0.2) is 0 Å². The van der Waals surface area contributed by atoms with Crippen LogP contribution in [0.4, 0.5) is 5.69 Å². The highest BCUT2D eigenvalue weighted by Gasteiger charge is 2.51. The van der Waals surface area contributed by atoms with E-state index in [4.69, 9.17) is 10.7 Å². The summed E-state index contributed by atoms with van der Waals surface area (Å²) < 4.78 is 0. The minimum atomic E-state index is 0.417. The number of hydrogen-bond donors (Lipinski definition) is 1. The van der Waals surface area contributed by atoms with Crippen LogP contribution in [-0.2, 0) is 5.41 Å². The second kappa shape index (κ2) is 4.22. The number of pyridine rings is 1. The average molecular weight is 270 g/mol. The van der Waals surface area contributed by atoms with E-state index >= 15 is 0 Å². The fourth-order valence-electron chi connectivity index (χ4n) is 5.73. The Morgan fingerprint density at radius 3 is 2.10 bits per heavy atom. The van der Waals surface area contributed by atoms with Crippen molar-refractivity contribution >= 4 is 5.69 Å². The van der Waals surface area contributed by atoms with Crippen molar-refractivity contribution in [3.8, 4) is 0 Å². The first kappa shape index (κ1) is 12.7. The molecule has 0 aliphatic heterocycles.